The SMILES string of the molecule is CC1Cc2c(-c3cn(C4CC4)c4ncnc(N)c34)ccc(NC(=O)Nc3ccc(CN4CCN(C)CC4)c(C(F)(F)F)c3)c2O1. The lowest BCUT2D eigenvalue weighted by atomic mass is 9.96. The third-order valence-electron chi connectivity index (χ3n) is 8.85. The number of carbonyl (C=O) groups is 1. The van der Waals surface area contributed by atoms with Crippen LogP contribution in [0, 0.1) is 0 Å². The number of halogens is 3. The number of benzene rings is 2. The van der Waals surface area contributed by atoms with E-state index in [0.29, 0.717) is 42.8 Å². The van der Waals surface area contributed by atoms with Crippen LogP contribution in [0.1, 0.15) is 42.5 Å². The highest BCUT2D eigenvalue weighted by atomic mass is 19.4. The number of urea groups is 1. The Hall–Kier alpha value is -4.36. The van der Waals surface area contributed by atoms with Crippen LogP contribution in [0.25, 0.3) is 22.2 Å². The molecule has 4 heterocycles. The fourth-order valence-corrected chi connectivity index (χ4v) is 6.38. The summed E-state index contributed by atoms with van der Waals surface area (Å²) in [7, 11) is 2.00. The molecule has 1 saturated carbocycles. The minimum absolute atomic E-state index is 0.0489. The van der Waals surface area contributed by atoms with E-state index in [9.17, 15) is 18.0 Å². The lowest BCUT2D eigenvalue weighted by Gasteiger charge is -2.33. The number of alkyl halides is 3. The van der Waals surface area contributed by atoms with Gasteiger partial charge in [0, 0.05) is 68.2 Å². The number of fused-ring (bicyclic) bond motifs is 2. The molecule has 45 heavy (non-hydrogen) atoms. The van der Waals surface area contributed by atoms with Crippen LogP contribution in [0.5, 0.6) is 5.75 Å². The Balaban J connectivity index is 1.14. The molecular formula is C32H35F3N8O2. The first-order valence-electron chi connectivity index (χ1n) is 15.2. The number of anilines is 3. The van der Waals surface area contributed by atoms with E-state index in [0.717, 1.165) is 59.7 Å². The first-order valence-corrected chi connectivity index (χ1v) is 15.2. The molecule has 2 amide bonds. The predicted molar refractivity (Wildman–Crippen MR) is 166 cm³/mol. The van der Waals surface area contributed by atoms with Crippen LogP contribution in [-0.2, 0) is 19.1 Å². The number of hydrogen-bond donors (Lipinski definition) is 3. The highest BCUT2D eigenvalue weighted by molar-refractivity contribution is 6.04. The largest absolute Gasteiger partial charge is 0.488 e. The van der Waals surface area contributed by atoms with Gasteiger partial charge in [-0.1, -0.05) is 12.1 Å². The Morgan fingerprint density at radius 3 is 2.58 bits per heavy atom. The summed E-state index contributed by atoms with van der Waals surface area (Å²) >= 11 is 0. The van der Waals surface area contributed by atoms with E-state index in [4.69, 9.17) is 10.5 Å². The molecule has 7 rings (SSSR count). The minimum atomic E-state index is -4.56. The van der Waals surface area contributed by atoms with Gasteiger partial charge >= 0.3 is 12.2 Å². The molecule has 2 aromatic heterocycles. The maximum absolute atomic E-state index is 14.1. The molecule has 0 bridgehead atoms. The zero-order valence-corrected chi connectivity index (χ0v) is 25.1. The van der Waals surface area contributed by atoms with Gasteiger partial charge in [-0.3, -0.25) is 4.90 Å². The fourth-order valence-electron chi connectivity index (χ4n) is 6.38. The van der Waals surface area contributed by atoms with Crippen molar-refractivity contribution in [3.63, 3.8) is 0 Å². The van der Waals surface area contributed by atoms with Crippen LogP contribution >= 0.6 is 0 Å². The zero-order chi connectivity index (χ0) is 31.5. The first-order chi connectivity index (χ1) is 21.5. The van der Waals surface area contributed by atoms with Gasteiger partial charge in [-0.2, -0.15) is 13.2 Å². The van der Waals surface area contributed by atoms with Gasteiger partial charge in [-0.25, -0.2) is 14.8 Å². The molecule has 0 radical (unpaired) electrons. The average Bonchev–Trinajstić information content (AvgIpc) is 3.64. The van der Waals surface area contributed by atoms with E-state index >= 15 is 0 Å². The molecule has 10 nitrogen and oxygen atoms in total. The summed E-state index contributed by atoms with van der Waals surface area (Å²) in [4.78, 5) is 26.0. The second-order valence-corrected chi connectivity index (χ2v) is 12.3. The third kappa shape index (κ3) is 5.77. The third-order valence-corrected chi connectivity index (χ3v) is 8.85. The number of nitrogens with two attached hydrogens (primary N) is 1. The van der Waals surface area contributed by atoms with E-state index in [1.54, 1.807) is 6.07 Å². The van der Waals surface area contributed by atoms with E-state index in [1.165, 1.54) is 18.5 Å². The molecule has 4 N–H and O–H groups in total. The van der Waals surface area contributed by atoms with Gasteiger partial charge in [0.25, 0.3) is 0 Å². The van der Waals surface area contributed by atoms with Gasteiger partial charge in [0.05, 0.1) is 16.6 Å². The van der Waals surface area contributed by atoms with Crippen molar-refractivity contribution in [1.82, 2.24) is 24.3 Å². The molecule has 2 fully saturated rings. The summed E-state index contributed by atoms with van der Waals surface area (Å²) in [6.45, 7) is 5.15. The van der Waals surface area contributed by atoms with Crippen molar-refractivity contribution < 1.29 is 22.7 Å². The fraction of sp³-hybridized carbons (Fsp3) is 0.406. The van der Waals surface area contributed by atoms with Crippen molar-refractivity contribution in [3.05, 3.63) is 59.5 Å². The van der Waals surface area contributed by atoms with Gasteiger partial charge < -0.3 is 30.6 Å². The number of ether oxygens (including phenoxy) is 1. The van der Waals surface area contributed by atoms with Gasteiger partial charge in [-0.05, 0) is 56.1 Å². The molecule has 1 saturated heterocycles. The number of amides is 2. The lowest BCUT2D eigenvalue weighted by molar-refractivity contribution is -0.138. The number of nitrogen functional groups attached to an aromatic ring is 1. The number of aromatic nitrogens is 3. The molecule has 2 aliphatic heterocycles. The van der Waals surface area contributed by atoms with E-state index < -0.39 is 17.8 Å². The molecular weight excluding hydrogens is 585 g/mol. The Morgan fingerprint density at radius 2 is 1.84 bits per heavy atom. The predicted octanol–water partition coefficient (Wildman–Crippen LogP) is 5.75. The number of hydrogen-bond acceptors (Lipinski definition) is 7. The molecule has 0 spiro atoms. The highest BCUT2D eigenvalue weighted by Crippen LogP contribution is 2.47. The summed E-state index contributed by atoms with van der Waals surface area (Å²) in [5, 5.41) is 6.15. The van der Waals surface area contributed by atoms with Gasteiger partial charge in [0.15, 0.2) is 0 Å². The molecule has 4 aromatic rings. The Morgan fingerprint density at radius 1 is 1.07 bits per heavy atom. The van der Waals surface area contributed by atoms with Gasteiger partial charge in [0.2, 0.25) is 0 Å². The number of nitrogens with one attached hydrogen (secondary N) is 2. The second-order valence-electron chi connectivity index (χ2n) is 12.3. The van der Waals surface area contributed by atoms with E-state index in [-0.39, 0.29) is 23.9 Å². The zero-order valence-electron chi connectivity index (χ0n) is 25.1. The van der Waals surface area contributed by atoms with Crippen molar-refractivity contribution in [1.29, 1.82) is 0 Å². The summed E-state index contributed by atoms with van der Waals surface area (Å²) in [5.41, 5.74) is 9.74. The van der Waals surface area contributed by atoms with Crippen molar-refractivity contribution in [2.24, 2.45) is 0 Å². The monoisotopic (exact) mass is 620 g/mol. The molecule has 13 heteroatoms. The Labute approximate surface area is 258 Å². The lowest BCUT2D eigenvalue weighted by Crippen LogP contribution is -2.44. The second kappa shape index (κ2) is 11.2. The van der Waals surface area contributed by atoms with Crippen LogP contribution in [0.3, 0.4) is 0 Å². The number of piperazine rings is 1. The van der Waals surface area contributed by atoms with E-state index in [1.807, 2.05) is 24.9 Å². The molecule has 2 aromatic carbocycles. The molecule has 236 valence electrons. The van der Waals surface area contributed by atoms with Crippen molar-refractivity contribution in [3.8, 4) is 16.9 Å². The van der Waals surface area contributed by atoms with E-state index in [2.05, 4.69) is 36.3 Å². The van der Waals surface area contributed by atoms with Crippen LogP contribution in [0.2, 0.25) is 0 Å². The summed E-state index contributed by atoms with van der Waals surface area (Å²) in [6.07, 6.45) is 1.60. The molecule has 1 aliphatic carbocycles. The Kier molecular flexibility index (Phi) is 7.32. The normalized spacial score (nSPS) is 19.0. The highest BCUT2D eigenvalue weighted by Gasteiger charge is 2.35. The maximum Gasteiger partial charge on any atom is 0.416 e. The number of rotatable bonds is 6. The maximum atomic E-state index is 14.1. The molecule has 1 atom stereocenters. The topological polar surface area (TPSA) is 114 Å². The first kappa shape index (κ1) is 29.4. The van der Waals surface area contributed by atoms with Crippen LogP contribution in [-0.4, -0.2) is 69.7 Å². The van der Waals surface area contributed by atoms with Crippen molar-refractivity contribution >= 4 is 34.3 Å². The smallest absolute Gasteiger partial charge is 0.416 e. The van der Waals surface area contributed by atoms with Gasteiger partial charge in [-0.15, -0.1) is 0 Å². The Bertz CT molecular complexity index is 1780. The number of nitrogens with zero attached hydrogens (tertiary/aromatic N) is 5. The van der Waals surface area contributed by atoms with Crippen LogP contribution in [0.15, 0.2) is 42.9 Å². The molecule has 1 unspecified atom stereocenters. The molecule has 3 aliphatic rings. The summed E-state index contributed by atoms with van der Waals surface area (Å²) < 4.78 is 50.5. The van der Waals surface area contributed by atoms with Gasteiger partial charge in [0.1, 0.15) is 29.6 Å². The van der Waals surface area contributed by atoms with Crippen molar-refractivity contribution in [2.75, 3.05) is 49.6 Å². The summed E-state index contributed by atoms with van der Waals surface area (Å²) in [6, 6.07) is 7.31. The number of carbonyl (C=O) groups excluding carboxylic acids is 1. The minimum Gasteiger partial charge on any atom is -0.488 e. The summed E-state index contributed by atoms with van der Waals surface area (Å²) in [5.74, 6) is 0.917. The standard InChI is InChI=1S/C32H35F3N8O2/c1-18-13-23-22(24-16-43(21-5-6-21)30-27(24)29(36)37-17-38-30)7-8-26(28(23)45-18)40-31(44)39-20-4-3-19(25(14-20)32(33,34)35)15-42-11-9-41(2)10-12-42/h3-4,7-8,14,16-18,21H,5-6,9-13,15H2,1-2H3,(H2,36,37,38)(H2,39,40,44). The quantitative estimate of drug-likeness (QED) is 0.252. The van der Waals surface area contributed by atoms with Crippen molar-refractivity contribution in [2.45, 2.75) is 51.1 Å². The number of likely N-dealkylation sites (N-methyl/N-ethyl adjacent to an activating group) is 1. The van der Waals surface area contributed by atoms with Crippen LogP contribution in [0.4, 0.5) is 35.2 Å². The average molecular weight is 621 g/mol. The van der Waals surface area contributed by atoms with Crippen LogP contribution < -0.4 is 21.1 Å².